The Labute approximate surface area is 129 Å². The Balaban J connectivity index is 1.34. The van der Waals surface area contributed by atoms with Crippen LogP contribution >= 0.6 is 0 Å². The number of carbonyl (C=O) groups excluding carboxylic acids is 1. The molecular formula is C16H21N5O. The summed E-state index contributed by atoms with van der Waals surface area (Å²) in [5.74, 6) is 0.538. The third-order valence-corrected chi connectivity index (χ3v) is 4.61. The SMILES string of the molecule is O=C(C1CNC1)N1CCN(Cc2cn3ccccc3n2)CC1. The molecule has 0 radical (unpaired) electrons. The number of rotatable bonds is 3. The number of amides is 1. The summed E-state index contributed by atoms with van der Waals surface area (Å²) in [5.41, 5.74) is 2.08. The van der Waals surface area contributed by atoms with E-state index in [1.165, 1.54) is 0 Å². The molecule has 2 saturated heterocycles. The third-order valence-electron chi connectivity index (χ3n) is 4.61. The monoisotopic (exact) mass is 299 g/mol. The first-order chi connectivity index (χ1) is 10.8. The Bertz CT molecular complexity index is 637. The highest BCUT2D eigenvalue weighted by molar-refractivity contribution is 5.80. The van der Waals surface area contributed by atoms with Gasteiger partial charge in [0.15, 0.2) is 0 Å². The van der Waals surface area contributed by atoms with Crippen molar-refractivity contribution in [1.29, 1.82) is 0 Å². The largest absolute Gasteiger partial charge is 0.340 e. The Morgan fingerprint density at radius 1 is 1.23 bits per heavy atom. The van der Waals surface area contributed by atoms with Crippen LogP contribution in [0.4, 0.5) is 0 Å². The Morgan fingerprint density at radius 2 is 2.05 bits per heavy atom. The fraction of sp³-hybridized carbons (Fsp3) is 0.500. The molecular weight excluding hydrogens is 278 g/mol. The zero-order valence-electron chi connectivity index (χ0n) is 12.6. The molecule has 2 aromatic rings. The van der Waals surface area contributed by atoms with E-state index in [0.717, 1.165) is 57.2 Å². The molecule has 22 heavy (non-hydrogen) atoms. The molecule has 0 aromatic carbocycles. The Hall–Kier alpha value is -1.92. The molecule has 1 amide bonds. The molecule has 0 bridgehead atoms. The van der Waals surface area contributed by atoms with E-state index in [2.05, 4.69) is 25.8 Å². The average molecular weight is 299 g/mol. The number of nitrogens with zero attached hydrogens (tertiary/aromatic N) is 4. The zero-order chi connectivity index (χ0) is 14.9. The van der Waals surface area contributed by atoms with Crippen molar-refractivity contribution in [3.05, 3.63) is 36.3 Å². The first-order valence-corrected chi connectivity index (χ1v) is 7.94. The molecule has 2 aromatic heterocycles. The number of aromatic nitrogens is 2. The molecule has 0 unspecified atom stereocenters. The van der Waals surface area contributed by atoms with Crippen molar-refractivity contribution in [2.45, 2.75) is 6.54 Å². The molecule has 0 atom stereocenters. The van der Waals surface area contributed by atoms with Gasteiger partial charge in [0.25, 0.3) is 0 Å². The van der Waals surface area contributed by atoms with Crippen molar-refractivity contribution in [2.24, 2.45) is 5.92 Å². The minimum atomic E-state index is 0.213. The van der Waals surface area contributed by atoms with Crippen LogP contribution in [-0.4, -0.2) is 64.4 Å². The highest BCUT2D eigenvalue weighted by atomic mass is 16.2. The van der Waals surface area contributed by atoms with E-state index < -0.39 is 0 Å². The lowest BCUT2D eigenvalue weighted by molar-refractivity contribution is -0.138. The molecule has 0 aliphatic carbocycles. The van der Waals surface area contributed by atoms with Gasteiger partial charge in [-0.25, -0.2) is 4.98 Å². The summed E-state index contributed by atoms with van der Waals surface area (Å²) in [6, 6.07) is 6.04. The van der Waals surface area contributed by atoms with Gasteiger partial charge in [-0.2, -0.15) is 0 Å². The molecule has 4 rings (SSSR count). The predicted octanol–water partition coefficient (Wildman–Crippen LogP) is 0.198. The minimum absolute atomic E-state index is 0.213. The van der Waals surface area contributed by atoms with Crippen LogP contribution in [0.25, 0.3) is 5.65 Å². The Kier molecular flexibility index (Phi) is 3.56. The summed E-state index contributed by atoms with van der Waals surface area (Å²) in [6.45, 7) is 6.08. The molecule has 6 heteroatoms. The standard InChI is InChI=1S/C16H21N5O/c22-16(13-9-17-10-13)20-7-5-19(6-8-20)11-14-12-21-4-2-1-3-15(21)18-14/h1-4,12-13,17H,5-11H2. The maximum Gasteiger partial charge on any atom is 0.228 e. The lowest BCUT2D eigenvalue weighted by atomic mass is 10.0. The first-order valence-electron chi connectivity index (χ1n) is 7.94. The number of carbonyl (C=O) groups is 1. The van der Waals surface area contributed by atoms with Gasteiger partial charge in [0.1, 0.15) is 5.65 Å². The van der Waals surface area contributed by atoms with Gasteiger partial charge in [-0.05, 0) is 12.1 Å². The first kappa shape index (κ1) is 13.7. The van der Waals surface area contributed by atoms with Crippen molar-refractivity contribution >= 4 is 11.6 Å². The van der Waals surface area contributed by atoms with E-state index >= 15 is 0 Å². The maximum atomic E-state index is 12.2. The van der Waals surface area contributed by atoms with E-state index in [0.29, 0.717) is 5.91 Å². The second kappa shape index (κ2) is 5.70. The van der Waals surface area contributed by atoms with Crippen molar-refractivity contribution in [1.82, 2.24) is 24.5 Å². The van der Waals surface area contributed by atoms with Gasteiger partial charge in [-0.15, -0.1) is 0 Å². The summed E-state index contributed by atoms with van der Waals surface area (Å²) < 4.78 is 2.05. The van der Waals surface area contributed by atoms with Crippen molar-refractivity contribution in [2.75, 3.05) is 39.3 Å². The van der Waals surface area contributed by atoms with Crippen LogP contribution in [0, 0.1) is 5.92 Å². The van der Waals surface area contributed by atoms with E-state index in [-0.39, 0.29) is 5.92 Å². The van der Waals surface area contributed by atoms with Crippen molar-refractivity contribution in [3.8, 4) is 0 Å². The Morgan fingerprint density at radius 3 is 2.73 bits per heavy atom. The third kappa shape index (κ3) is 2.60. The normalized spacial score (nSPS) is 20.3. The predicted molar refractivity (Wildman–Crippen MR) is 83.4 cm³/mol. The highest BCUT2D eigenvalue weighted by Gasteiger charge is 2.31. The number of piperazine rings is 1. The summed E-state index contributed by atoms with van der Waals surface area (Å²) in [4.78, 5) is 21.3. The number of fused-ring (bicyclic) bond motifs is 1. The van der Waals surface area contributed by atoms with Crippen LogP contribution in [0.1, 0.15) is 5.69 Å². The molecule has 2 aliphatic heterocycles. The summed E-state index contributed by atoms with van der Waals surface area (Å²) in [6.07, 6.45) is 4.11. The van der Waals surface area contributed by atoms with E-state index in [1.54, 1.807) is 0 Å². The van der Waals surface area contributed by atoms with Crippen molar-refractivity contribution in [3.63, 3.8) is 0 Å². The van der Waals surface area contributed by atoms with E-state index in [1.807, 2.05) is 29.3 Å². The minimum Gasteiger partial charge on any atom is -0.340 e. The van der Waals surface area contributed by atoms with Crippen LogP contribution in [0.3, 0.4) is 0 Å². The number of nitrogens with one attached hydrogen (secondary N) is 1. The van der Waals surface area contributed by atoms with Gasteiger partial charge in [0.05, 0.1) is 11.6 Å². The molecule has 116 valence electrons. The molecule has 2 aliphatic rings. The average Bonchev–Trinajstić information content (AvgIpc) is 2.88. The van der Waals surface area contributed by atoms with Crippen molar-refractivity contribution < 1.29 is 4.79 Å². The van der Waals surface area contributed by atoms with Crippen LogP contribution < -0.4 is 5.32 Å². The smallest absolute Gasteiger partial charge is 0.228 e. The molecule has 1 N–H and O–H groups in total. The molecule has 4 heterocycles. The topological polar surface area (TPSA) is 52.9 Å². The number of hydrogen-bond acceptors (Lipinski definition) is 4. The second-order valence-electron chi connectivity index (χ2n) is 6.15. The maximum absolute atomic E-state index is 12.2. The molecule has 0 spiro atoms. The highest BCUT2D eigenvalue weighted by Crippen LogP contribution is 2.13. The zero-order valence-corrected chi connectivity index (χ0v) is 12.6. The van der Waals surface area contributed by atoms with E-state index in [9.17, 15) is 4.79 Å². The molecule has 0 saturated carbocycles. The van der Waals surface area contributed by atoms with Crippen LogP contribution in [-0.2, 0) is 11.3 Å². The summed E-state index contributed by atoms with van der Waals surface area (Å²) in [5, 5.41) is 3.17. The van der Waals surface area contributed by atoms with Crippen LogP contribution in [0.2, 0.25) is 0 Å². The lowest BCUT2D eigenvalue weighted by Crippen LogP contribution is -2.56. The fourth-order valence-electron chi connectivity index (χ4n) is 3.14. The second-order valence-corrected chi connectivity index (χ2v) is 6.15. The summed E-state index contributed by atoms with van der Waals surface area (Å²) >= 11 is 0. The van der Waals surface area contributed by atoms with Gasteiger partial charge < -0.3 is 14.6 Å². The van der Waals surface area contributed by atoms with Gasteiger partial charge >= 0.3 is 0 Å². The number of pyridine rings is 1. The molecule has 6 nitrogen and oxygen atoms in total. The van der Waals surface area contributed by atoms with Gasteiger partial charge in [0, 0.05) is 58.2 Å². The lowest BCUT2D eigenvalue weighted by Gasteiger charge is -2.38. The van der Waals surface area contributed by atoms with Crippen LogP contribution in [0.15, 0.2) is 30.6 Å². The van der Waals surface area contributed by atoms with Gasteiger partial charge in [-0.1, -0.05) is 6.07 Å². The van der Waals surface area contributed by atoms with Gasteiger partial charge in [-0.3, -0.25) is 9.69 Å². The number of imidazole rings is 1. The quantitative estimate of drug-likeness (QED) is 0.879. The number of hydrogen-bond donors (Lipinski definition) is 1. The van der Waals surface area contributed by atoms with Gasteiger partial charge in [0.2, 0.25) is 5.91 Å². The fourth-order valence-corrected chi connectivity index (χ4v) is 3.14. The van der Waals surface area contributed by atoms with Crippen LogP contribution in [0.5, 0.6) is 0 Å². The summed E-state index contributed by atoms with van der Waals surface area (Å²) in [7, 11) is 0. The molecule has 2 fully saturated rings. The van der Waals surface area contributed by atoms with E-state index in [4.69, 9.17) is 0 Å².